The number of benzene rings is 2. The normalized spacial score (nSPS) is 14.0. The minimum atomic E-state index is -1.74. The van der Waals surface area contributed by atoms with Crippen LogP contribution in [0.4, 0.5) is 11.4 Å². The van der Waals surface area contributed by atoms with Gasteiger partial charge in [0.05, 0.1) is 26.3 Å². The first-order valence-corrected chi connectivity index (χ1v) is 37.8. The maximum atomic E-state index is 8.12. The van der Waals surface area contributed by atoms with Gasteiger partial charge in [-0.1, -0.05) is 100 Å². The van der Waals surface area contributed by atoms with E-state index in [1.54, 1.807) is 14.2 Å². The van der Waals surface area contributed by atoms with Gasteiger partial charge in [-0.2, -0.15) is 9.59 Å². The van der Waals surface area contributed by atoms with E-state index in [-0.39, 0.29) is 35.3 Å². The fraction of sp³-hybridized carbons (Fsp3) is 0.622. The summed E-state index contributed by atoms with van der Waals surface area (Å²) in [6.07, 6.45) is 6.96. The molecule has 0 bridgehead atoms. The van der Waals surface area contributed by atoms with Gasteiger partial charge in [-0.3, -0.25) is 0 Å². The van der Waals surface area contributed by atoms with Gasteiger partial charge in [0, 0.05) is 36.4 Å². The topological polar surface area (TPSA) is 95.1 Å². The molecule has 0 aliphatic heterocycles. The predicted molar refractivity (Wildman–Crippen MR) is 302 cm³/mol. The Morgan fingerprint density at radius 2 is 0.919 bits per heavy atom. The molecule has 0 heterocycles. The summed E-state index contributed by atoms with van der Waals surface area (Å²) >= 11 is 0. The molecular weight excluding hydrogens is 937 g/mol. The number of nitrogens with one attached hydrogen (secondary N) is 2. The minimum Gasteiger partial charge on any atom is -0.497 e. The molecule has 9 atom stereocenters. The van der Waals surface area contributed by atoms with E-state index in [1.165, 1.54) is 11.1 Å². The highest BCUT2D eigenvalue weighted by Gasteiger charge is 2.39. The average Bonchev–Trinajstić information content (AvgIpc) is 3.17. The van der Waals surface area contributed by atoms with Crippen LogP contribution in [-0.2, 0) is 18.4 Å². The van der Waals surface area contributed by atoms with E-state index in [4.69, 9.17) is 27.9 Å². The molecule has 2 N–H and O–H groups in total. The van der Waals surface area contributed by atoms with E-state index in [0.29, 0.717) is 11.8 Å². The molecule has 0 saturated heterocycles. The second-order valence-electron chi connectivity index (χ2n) is 18.2. The number of methoxy groups -OCH3 is 2. The van der Waals surface area contributed by atoms with Gasteiger partial charge in [0.2, 0.25) is 0 Å². The third-order valence-corrected chi connectivity index (χ3v) is 20.0. The van der Waals surface area contributed by atoms with Gasteiger partial charge in [-0.05, 0) is 118 Å². The Kier molecular flexibility index (Phi) is 37.4. The lowest BCUT2D eigenvalue weighted by molar-refractivity contribution is -0.191. The third kappa shape index (κ3) is 29.5. The smallest absolute Gasteiger partial charge is 0.373 e. The van der Waals surface area contributed by atoms with Crippen LogP contribution in [0.25, 0.3) is 0 Å². The Bertz CT molecular complexity index is 1440. The van der Waals surface area contributed by atoms with E-state index in [9.17, 15) is 0 Å². The van der Waals surface area contributed by atoms with E-state index < -0.39 is 16.6 Å². The molecule has 8 nitrogen and oxygen atoms in total. The largest absolute Gasteiger partial charge is 0.497 e. The van der Waals surface area contributed by atoms with Gasteiger partial charge in [0.25, 0.3) is 0 Å². The summed E-state index contributed by atoms with van der Waals surface area (Å²) in [6.45, 7) is 38.1. The highest BCUT2D eigenvalue weighted by atomic mass is 32.7. The van der Waals surface area contributed by atoms with E-state index >= 15 is 0 Å². The molecule has 0 fully saturated rings. The first-order valence-electron chi connectivity index (χ1n) is 21.2. The van der Waals surface area contributed by atoms with Crippen molar-refractivity contribution in [2.75, 3.05) is 38.1 Å². The minimum absolute atomic E-state index is 0.130. The monoisotopic (exact) mass is 1030 g/mol. The van der Waals surface area contributed by atoms with Crippen LogP contribution in [0.3, 0.4) is 0 Å². The van der Waals surface area contributed by atoms with Crippen molar-refractivity contribution in [1.82, 2.24) is 0 Å². The van der Waals surface area contributed by atoms with Crippen molar-refractivity contribution in [3.63, 3.8) is 0 Å². The lowest BCUT2D eigenvalue weighted by atomic mass is 9.95. The quantitative estimate of drug-likeness (QED) is 0.0866. The molecule has 2 rings (SSSR count). The molecule has 0 aliphatic carbocycles. The molecule has 0 aromatic heterocycles. The van der Waals surface area contributed by atoms with Crippen molar-refractivity contribution in [2.45, 2.75) is 144 Å². The summed E-state index contributed by atoms with van der Waals surface area (Å²) in [5.74, 6) is 2.52. The summed E-state index contributed by atoms with van der Waals surface area (Å²) in [5, 5.41) is 7.87. The molecule has 62 heavy (non-hydrogen) atoms. The second-order valence-corrected chi connectivity index (χ2v) is 43.8. The van der Waals surface area contributed by atoms with Gasteiger partial charge in [-0.15, -0.1) is 44.6 Å². The van der Waals surface area contributed by atoms with E-state index in [2.05, 4.69) is 201 Å². The highest BCUT2D eigenvalue weighted by Crippen LogP contribution is 2.59. The van der Waals surface area contributed by atoms with Crippen LogP contribution < -0.4 is 20.1 Å². The van der Waals surface area contributed by atoms with Crippen LogP contribution in [0, 0.1) is 11.8 Å². The molecule has 5 unspecified atom stereocenters. The van der Waals surface area contributed by atoms with Crippen molar-refractivity contribution in [1.29, 1.82) is 0 Å². The van der Waals surface area contributed by atoms with E-state index in [0.717, 1.165) is 56.9 Å². The fourth-order valence-electron chi connectivity index (χ4n) is 5.35. The molecule has 0 spiro atoms. The molecule has 0 aliphatic rings. The van der Waals surface area contributed by atoms with Crippen LogP contribution in [0.15, 0.2) is 71.8 Å². The third-order valence-electron chi connectivity index (χ3n) is 11.0. The van der Waals surface area contributed by atoms with Crippen LogP contribution in [0.2, 0.25) is 36.3 Å². The lowest BCUT2D eigenvalue weighted by Crippen LogP contribution is -2.43. The number of ether oxygens (including phenoxy) is 2. The summed E-state index contributed by atoms with van der Waals surface area (Å²) in [5.41, 5.74) is 4.96. The summed E-state index contributed by atoms with van der Waals surface area (Å²) in [4.78, 5) is 16.2. The number of anilines is 2. The van der Waals surface area contributed by atoms with Gasteiger partial charge < -0.3 is 29.0 Å². The first kappa shape index (κ1) is 66.1. The van der Waals surface area contributed by atoms with E-state index in [1.807, 2.05) is 24.3 Å². The molecule has 0 radical (unpaired) electrons. The Hall–Kier alpha value is -0.136. The number of allylic oxidation sites excluding steroid dienone is 2. The number of hydrogen-bond acceptors (Lipinski definition) is 8. The lowest BCUT2D eigenvalue weighted by Gasteiger charge is -2.38. The van der Waals surface area contributed by atoms with Crippen LogP contribution in [0.1, 0.15) is 95.9 Å². The number of carbonyl (C=O) groups excluding carboxylic acids is 2. The summed E-state index contributed by atoms with van der Waals surface area (Å²) in [7, 11) is 13.9. The maximum absolute atomic E-state index is 8.12. The predicted octanol–water partition coefficient (Wildman–Crippen LogP) is 15.5. The van der Waals surface area contributed by atoms with Gasteiger partial charge >= 0.3 is 6.15 Å². The molecule has 2 aromatic rings. The average molecular weight is 1030 g/mol. The molecule has 0 amide bonds. The van der Waals surface area contributed by atoms with Crippen molar-refractivity contribution in [3.05, 3.63) is 71.8 Å². The van der Waals surface area contributed by atoms with Crippen molar-refractivity contribution >= 4 is 93.7 Å². The van der Waals surface area contributed by atoms with Crippen LogP contribution in [0.5, 0.6) is 11.5 Å². The standard InChI is InChI=1S/2C22H39NO2Si.CO2.H6P4.H5P3/c2*1-10-11-17(2)21(23-19-12-14-20(24-7)15-13-19)18(3)16-25-26(8,9)22(4,5)6;2-1-3;1-4(2)3;1-3-2/h2*11-15,18,21,23H,10,16H2,1-9H3;;1-3H2;3H,1-2H2/b2*17-11+;;;/t2*18-,21+;;;/m00.../s1. The Balaban J connectivity index is -0.000000923. The van der Waals surface area contributed by atoms with Crippen molar-refractivity contribution < 1.29 is 27.9 Å². The highest BCUT2D eigenvalue weighted by molar-refractivity contribution is 8.65. The Labute approximate surface area is 397 Å². The molecule has 0 saturated carbocycles. The SMILES string of the molecule is CC/C=C(\C)[C@@H](Nc1ccc(OC)cc1)[C@@H](C)CO[Si](C)(C)C(C)(C)C.CC/C=C(\C)[C@@H](Nc1ccc(OC)cc1)[C@@H](C)CO[Si](C)(C)C(C)(C)C.O=C=O.PP(P)P.PPP. The van der Waals surface area contributed by atoms with Gasteiger partial charge in [0.15, 0.2) is 16.6 Å². The Morgan fingerprint density at radius 3 is 1.11 bits per heavy atom. The fourth-order valence-corrected chi connectivity index (χ4v) is 7.57. The zero-order valence-corrected chi connectivity index (χ0v) is 51.4. The first-order chi connectivity index (χ1) is 28.6. The zero-order valence-electron chi connectivity index (χ0n) is 41.7. The van der Waals surface area contributed by atoms with Gasteiger partial charge in [0.1, 0.15) is 11.5 Å². The maximum Gasteiger partial charge on any atom is 0.373 e. The zero-order chi connectivity index (χ0) is 48.9. The van der Waals surface area contributed by atoms with Crippen molar-refractivity contribution in [2.24, 2.45) is 11.8 Å². The summed E-state index contributed by atoms with van der Waals surface area (Å²) < 4.78 is 23.5. The van der Waals surface area contributed by atoms with Gasteiger partial charge in [-0.25, -0.2) is 0 Å². The van der Waals surface area contributed by atoms with Crippen molar-refractivity contribution in [3.8, 4) is 11.5 Å². The number of hydrogen-bond donors (Lipinski definition) is 2. The molecule has 2 aromatic carbocycles. The summed E-state index contributed by atoms with van der Waals surface area (Å²) in [6, 6.07) is 16.8. The second kappa shape index (κ2) is 35.1. The molecule has 358 valence electrons. The number of rotatable bonds is 18. The van der Waals surface area contributed by atoms with Crippen LogP contribution in [-0.4, -0.2) is 62.3 Å². The molecule has 17 heteroatoms. The van der Waals surface area contributed by atoms with Crippen LogP contribution >= 0.6 is 59.6 Å². The Morgan fingerprint density at radius 1 is 0.677 bits per heavy atom. The molecular formula is C45H89N2O6P7Si2.